The zero-order chi connectivity index (χ0) is 16.1. The number of amides is 1. The summed E-state index contributed by atoms with van der Waals surface area (Å²) in [5.74, 6) is 0.371. The standard InChI is InChI=1S/C16H18ClN3OS/c1-11-8-12(2)19-16(18-11)22-10-15(21)20(3)9-13-4-6-14(17)7-5-13/h4-8H,9-10H2,1-3H3. The molecule has 0 saturated heterocycles. The third-order valence-corrected chi connectivity index (χ3v) is 4.13. The van der Waals surface area contributed by atoms with Crippen LogP contribution in [0.1, 0.15) is 17.0 Å². The van der Waals surface area contributed by atoms with E-state index in [1.54, 1.807) is 11.9 Å². The van der Waals surface area contributed by atoms with E-state index in [4.69, 9.17) is 11.6 Å². The summed E-state index contributed by atoms with van der Waals surface area (Å²) in [5, 5.41) is 1.34. The third kappa shape index (κ3) is 5.00. The van der Waals surface area contributed by atoms with Gasteiger partial charge in [0.15, 0.2) is 5.16 Å². The van der Waals surface area contributed by atoms with Crippen molar-refractivity contribution in [2.24, 2.45) is 0 Å². The van der Waals surface area contributed by atoms with E-state index in [1.807, 2.05) is 44.2 Å². The molecule has 0 spiro atoms. The molecule has 0 atom stereocenters. The van der Waals surface area contributed by atoms with Crippen LogP contribution in [0.4, 0.5) is 0 Å². The highest BCUT2D eigenvalue weighted by molar-refractivity contribution is 7.99. The van der Waals surface area contributed by atoms with Gasteiger partial charge in [-0.15, -0.1) is 0 Å². The van der Waals surface area contributed by atoms with Crippen molar-refractivity contribution in [3.05, 3.63) is 52.3 Å². The van der Waals surface area contributed by atoms with Gasteiger partial charge in [-0.3, -0.25) is 4.79 Å². The van der Waals surface area contributed by atoms with E-state index < -0.39 is 0 Å². The number of hydrogen-bond donors (Lipinski definition) is 0. The van der Waals surface area contributed by atoms with Crippen molar-refractivity contribution in [1.82, 2.24) is 14.9 Å². The van der Waals surface area contributed by atoms with Crippen molar-refractivity contribution in [2.45, 2.75) is 25.5 Å². The zero-order valence-corrected chi connectivity index (χ0v) is 14.4. The van der Waals surface area contributed by atoms with Crippen LogP contribution in [0.15, 0.2) is 35.5 Å². The number of nitrogens with zero attached hydrogens (tertiary/aromatic N) is 3. The van der Waals surface area contributed by atoms with Crippen LogP contribution in [0, 0.1) is 13.8 Å². The van der Waals surface area contributed by atoms with Gasteiger partial charge in [0, 0.05) is 30.0 Å². The highest BCUT2D eigenvalue weighted by Crippen LogP contribution is 2.16. The first-order valence-corrected chi connectivity index (χ1v) is 8.24. The minimum atomic E-state index is 0.0442. The first kappa shape index (κ1) is 16.8. The first-order chi connectivity index (χ1) is 10.4. The fourth-order valence-corrected chi connectivity index (χ4v) is 2.96. The van der Waals surface area contributed by atoms with E-state index in [1.165, 1.54) is 11.8 Å². The van der Waals surface area contributed by atoms with Gasteiger partial charge < -0.3 is 4.90 Å². The number of carbonyl (C=O) groups is 1. The summed E-state index contributed by atoms with van der Waals surface area (Å²) < 4.78 is 0. The topological polar surface area (TPSA) is 46.1 Å². The molecule has 0 unspecified atom stereocenters. The van der Waals surface area contributed by atoms with Crippen molar-refractivity contribution in [2.75, 3.05) is 12.8 Å². The van der Waals surface area contributed by atoms with E-state index in [0.717, 1.165) is 17.0 Å². The number of aromatic nitrogens is 2. The number of rotatable bonds is 5. The van der Waals surface area contributed by atoms with Gasteiger partial charge in [-0.25, -0.2) is 9.97 Å². The summed E-state index contributed by atoms with van der Waals surface area (Å²) in [6.45, 7) is 4.41. The van der Waals surface area contributed by atoms with Crippen LogP contribution >= 0.6 is 23.4 Å². The first-order valence-electron chi connectivity index (χ1n) is 6.87. The second-order valence-electron chi connectivity index (χ2n) is 5.10. The van der Waals surface area contributed by atoms with Gasteiger partial charge in [-0.1, -0.05) is 35.5 Å². The number of aryl methyl sites for hydroxylation is 2. The molecular formula is C16H18ClN3OS. The monoisotopic (exact) mass is 335 g/mol. The molecule has 2 aromatic rings. The van der Waals surface area contributed by atoms with Crippen LogP contribution in [0.5, 0.6) is 0 Å². The molecule has 6 heteroatoms. The molecule has 0 bridgehead atoms. The second kappa shape index (κ2) is 7.61. The summed E-state index contributed by atoms with van der Waals surface area (Å²) in [6, 6.07) is 9.41. The zero-order valence-electron chi connectivity index (χ0n) is 12.8. The van der Waals surface area contributed by atoms with E-state index in [0.29, 0.717) is 22.5 Å². The van der Waals surface area contributed by atoms with Crippen LogP contribution in [0.2, 0.25) is 5.02 Å². The van der Waals surface area contributed by atoms with Gasteiger partial charge in [0.25, 0.3) is 0 Å². The Labute approximate surface area is 139 Å². The van der Waals surface area contributed by atoms with E-state index >= 15 is 0 Å². The number of carbonyl (C=O) groups excluding carboxylic acids is 1. The Bertz CT molecular complexity index is 641. The van der Waals surface area contributed by atoms with Gasteiger partial charge in [0.05, 0.1) is 5.75 Å². The van der Waals surface area contributed by atoms with Gasteiger partial charge >= 0.3 is 0 Å². The van der Waals surface area contributed by atoms with E-state index in [2.05, 4.69) is 9.97 Å². The number of hydrogen-bond acceptors (Lipinski definition) is 4. The normalized spacial score (nSPS) is 10.5. The predicted octanol–water partition coefficient (Wildman–Crippen LogP) is 3.50. The molecule has 1 heterocycles. The van der Waals surface area contributed by atoms with Crippen LogP contribution in [-0.4, -0.2) is 33.6 Å². The van der Waals surface area contributed by atoms with E-state index in [9.17, 15) is 4.79 Å². The van der Waals surface area contributed by atoms with E-state index in [-0.39, 0.29) is 5.91 Å². The van der Waals surface area contributed by atoms with Crippen LogP contribution in [0.3, 0.4) is 0 Å². The fourth-order valence-electron chi connectivity index (χ4n) is 1.95. The minimum Gasteiger partial charge on any atom is -0.341 e. The van der Waals surface area contributed by atoms with Gasteiger partial charge in [-0.2, -0.15) is 0 Å². The predicted molar refractivity (Wildman–Crippen MR) is 90.2 cm³/mol. The lowest BCUT2D eigenvalue weighted by atomic mass is 10.2. The summed E-state index contributed by atoms with van der Waals surface area (Å²) >= 11 is 7.22. The highest BCUT2D eigenvalue weighted by Gasteiger charge is 2.11. The van der Waals surface area contributed by atoms with Crippen LogP contribution in [-0.2, 0) is 11.3 Å². The van der Waals surface area contributed by atoms with Crippen molar-refractivity contribution < 1.29 is 4.79 Å². The van der Waals surface area contributed by atoms with Gasteiger partial charge in [-0.05, 0) is 37.6 Å². The summed E-state index contributed by atoms with van der Waals surface area (Å²) in [4.78, 5) is 22.5. The Morgan fingerprint density at radius 3 is 2.36 bits per heavy atom. The lowest BCUT2D eigenvalue weighted by molar-refractivity contribution is -0.127. The molecule has 1 aromatic carbocycles. The Morgan fingerprint density at radius 2 is 1.77 bits per heavy atom. The quantitative estimate of drug-likeness (QED) is 0.619. The lowest BCUT2D eigenvalue weighted by Crippen LogP contribution is -2.27. The van der Waals surface area contributed by atoms with Crippen molar-refractivity contribution in [1.29, 1.82) is 0 Å². The Kier molecular flexibility index (Phi) is 5.80. The third-order valence-electron chi connectivity index (χ3n) is 3.05. The summed E-state index contributed by atoms with van der Waals surface area (Å²) in [5.41, 5.74) is 2.88. The molecule has 2 rings (SSSR count). The molecule has 0 aliphatic heterocycles. The molecular weight excluding hydrogens is 318 g/mol. The smallest absolute Gasteiger partial charge is 0.233 e. The molecule has 0 radical (unpaired) electrons. The maximum Gasteiger partial charge on any atom is 0.233 e. The largest absolute Gasteiger partial charge is 0.341 e. The Balaban J connectivity index is 1.89. The summed E-state index contributed by atoms with van der Waals surface area (Å²) in [6.07, 6.45) is 0. The highest BCUT2D eigenvalue weighted by atomic mass is 35.5. The van der Waals surface area contributed by atoms with Crippen LogP contribution < -0.4 is 0 Å². The maximum absolute atomic E-state index is 12.2. The molecule has 0 aliphatic rings. The average molecular weight is 336 g/mol. The SMILES string of the molecule is Cc1cc(C)nc(SCC(=O)N(C)Cc2ccc(Cl)cc2)n1. The number of benzene rings is 1. The molecule has 0 saturated carbocycles. The Morgan fingerprint density at radius 1 is 1.18 bits per heavy atom. The van der Waals surface area contributed by atoms with Crippen molar-refractivity contribution in [3.63, 3.8) is 0 Å². The molecule has 0 aliphatic carbocycles. The second-order valence-corrected chi connectivity index (χ2v) is 6.48. The molecule has 116 valence electrons. The molecule has 4 nitrogen and oxygen atoms in total. The van der Waals surface area contributed by atoms with Crippen molar-refractivity contribution in [3.8, 4) is 0 Å². The van der Waals surface area contributed by atoms with Gasteiger partial charge in [0.2, 0.25) is 5.91 Å². The molecule has 1 amide bonds. The average Bonchev–Trinajstić information content (AvgIpc) is 2.46. The van der Waals surface area contributed by atoms with Gasteiger partial charge in [0.1, 0.15) is 0 Å². The number of thioether (sulfide) groups is 1. The summed E-state index contributed by atoms with van der Waals surface area (Å²) in [7, 11) is 1.79. The van der Waals surface area contributed by atoms with Crippen molar-refractivity contribution >= 4 is 29.3 Å². The molecule has 1 aromatic heterocycles. The minimum absolute atomic E-state index is 0.0442. The molecule has 22 heavy (non-hydrogen) atoms. The van der Waals surface area contributed by atoms with Crippen LogP contribution in [0.25, 0.3) is 0 Å². The number of halogens is 1. The fraction of sp³-hybridized carbons (Fsp3) is 0.312. The lowest BCUT2D eigenvalue weighted by Gasteiger charge is -2.17. The molecule has 0 N–H and O–H groups in total. The maximum atomic E-state index is 12.2. The Hall–Kier alpha value is -1.59. The molecule has 0 fully saturated rings.